The van der Waals surface area contributed by atoms with Crippen molar-refractivity contribution in [1.82, 2.24) is 9.47 Å². The Labute approximate surface area is 204 Å². The SMILES string of the molecule is CCC(C(=O)O)n1c2c(c3cc(F)ccc31)C[C@@H](N(CC1CC1)C(=O)OCc1ccccc1)CC2. The topological polar surface area (TPSA) is 71.8 Å². The average molecular weight is 479 g/mol. The first-order valence-electron chi connectivity index (χ1n) is 12.5. The van der Waals surface area contributed by atoms with Gasteiger partial charge in [0.15, 0.2) is 0 Å². The number of fused-ring (bicyclic) bond motifs is 3. The van der Waals surface area contributed by atoms with Gasteiger partial charge >= 0.3 is 12.1 Å². The van der Waals surface area contributed by atoms with Gasteiger partial charge in [-0.1, -0.05) is 37.3 Å². The number of aliphatic carboxylic acids is 1. The predicted molar refractivity (Wildman–Crippen MR) is 131 cm³/mol. The van der Waals surface area contributed by atoms with Crippen LogP contribution in [0.1, 0.15) is 55.5 Å². The number of carbonyl (C=O) groups is 2. The van der Waals surface area contributed by atoms with Crippen molar-refractivity contribution in [3.63, 3.8) is 0 Å². The van der Waals surface area contributed by atoms with Crippen LogP contribution in [0.5, 0.6) is 0 Å². The van der Waals surface area contributed by atoms with Gasteiger partial charge in [-0.2, -0.15) is 0 Å². The van der Waals surface area contributed by atoms with E-state index in [0.717, 1.165) is 47.0 Å². The van der Waals surface area contributed by atoms with Crippen molar-refractivity contribution in [1.29, 1.82) is 0 Å². The zero-order valence-electron chi connectivity index (χ0n) is 20.0. The fraction of sp³-hybridized carbons (Fsp3) is 0.429. The Morgan fingerprint density at radius 2 is 1.94 bits per heavy atom. The number of nitrogens with zero attached hydrogens (tertiary/aromatic N) is 2. The second-order valence-electron chi connectivity index (χ2n) is 9.75. The van der Waals surface area contributed by atoms with Crippen LogP contribution in [-0.2, 0) is 29.0 Å². The zero-order chi connectivity index (χ0) is 24.5. The molecule has 35 heavy (non-hydrogen) atoms. The molecule has 2 aliphatic carbocycles. The van der Waals surface area contributed by atoms with E-state index in [2.05, 4.69) is 0 Å². The number of hydrogen-bond acceptors (Lipinski definition) is 3. The van der Waals surface area contributed by atoms with E-state index in [0.29, 0.717) is 31.7 Å². The number of hydrogen-bond donors (Lipinski definition) is 1. The fourth-order valence-corrected chi connectivity index (χ4v) is 5.39. The Morgan fingerprint density at radius 1 is 1.17 bits per heavy atom. The quantitative estimate of drug-likeness (QED) is 0.449. The van der Waals surface area contributed by atoms with Crippen LogP contribution in [0.3, 0.4) is 0 Å². The second-order valence-corrected chi connectivity index (χ2v) is 9.75. The van der Waals surface area contributed by atoms with Crippen LogP contribution in [0.4, 0.5) is 9.18 Å². The summed E-state index contributed by atoms with van der Waals surface area (Å²) in [5.41, 5.74) is 3.58. The number of carboxylic acid groups (broad SMARTS) is 1. The van der Waals surface area contributed by atoms with Crippen molar-refractivity contribution >= 4 is 23.0 Å². The van der Waals surface area contributed by atoms with Gasteiger partial charge in [-0.05, 0) is 73.8 Å². The monoisotopic (exact) mass is 478 g/mol. The van der Waals surface area contributed by atoms with Gasteiger partial charge < -0.3 is 19.3 Å². The summed E-state index contributed by atoms with van der Waals surface area (Å²) in [6, 6.07) is 13.4. The first kappa shape index (κ1) is 23.4. The molecule has 7 heteroatoms. The summed E-state index contributed by atoms with van der Waals surface area (Å²) in [5.74, 6) is -0.741. The van der Waals surface area contributed by atoms with Crippen molar-refractivity contribution in [3.05, 3.63) is 71.2 Å². The lowest BCUT2D eigenvalue weighted by Gasteiger charge is -2.34. The van der Waals surface area contributed by atoms with Crippen LogP contribution >= 0.6 is 0 Å². The number of aromatic nitrogens is 1. The Bertz CT molecular complexity index is 1230. The molecule has 1 N–H and O–H groups in total. The van der Waals surface area contributed by atoms with E-state index in [-0.39, 0.29) is 24.6 Å². The van der Waals surface area contributed by atoms with Crippen LogP contribution in [0.15, 0.2) is 48.5 Å². The van der Waals surface area contributed by atoms with Gasteiger partial charge in [0.2, 0.25) is 0 Å². The number of ether oxygens (including phenoxy) is 1. The summed E-state index contributed by atoms with van der Waals surface area (Å²) in [6.45, 7) is 2.74. The molecule has 0 saturated heterocycles. The molecule has 2 aliphatic rings. The number of amides is 1. The molecule has 0 spiro atoms. The number of benzene rings is 2. The van der Waals surface area contributed by atoms with E-state index in [1.165, 1.54) is 12.1 Å². The molecule has 5 rings (SSSR count). The second kappa shape index (κ2) is 9.72. The van der Waals surface area contributed by atoms with Crippen molar-refractivity contribution in [3.8, 4) is 0 Å². The van der Waals surface area contributed by atoms with Gasteiger partial charge in [-0.3, -0.25) is 0 Å². The highest BCUT2D eigenvalue weighted by atomic mass is 19.1. The number of carboxylic acids is 1. The average Bonchev–Trinajstić information content (AvgIpc) is 3.64. The maximum Gasteiger partial charge on any atom is 0.410 e. The maximum absolute atomic E-state index is 14.3. The smallest absolute Gasteiger partial charge is 0.410 e. The van der Waals surface area contributed by atoms with Crippen molar-refractivity contribution in [2.75, 3.05) is 6.54 Å². The van der Waals surface area contributed by atoms with Crippen molar-refractivity contribution in [2.45, 2.75) is 64.1 Å². The number of rotatable bonds is 8. The van der Waals surface area contributed by atoms with Gasteiger partial charge in [0.25, 0.3) is 0 Å². The molecule has 1 fully saturated rings. The van der Waals surface area contributed by atoms with Crippen LogP contribution < -0.4 is 0 Å². The van der Waals surface area contributed by atoms with E-state index in [1.807, 2.05) is 46.7 Å². The Balaban J connectivity index is 1.45. The van der Waals surface area contributed by atoms with Crippen molar-refractivity contribution in [2.24, 2.45) is 5.92 Å². The van der Waals surface area contributed by atoms with Gasteiger partial charge in [0.1, 0.15) is 18.5 Å². The van der Waals surface area contributed by atoms with E-state index in [9.17, 15) is 19.1 Å². The summed E-state index contributed by atoms with van der Waals surface area (Å²) in [7, 11) is 0. The lowest BCUT2D eigenvalue weighted by molar-refractivity contribution is -0.140. The fourth-order valence-electron chi connectivity index (χ4n) is 5.39. The summed E-state index contributed by atoms with van der Waals surface area (Å²) in [6.07, 6.45) is 4.25. The van der Waals surface area contributed by atoms with Crippen LogP contribution in [0.2, 0.25) is 0 Å². The van der Waals surface area contributed by atoms with E-state index >= 15 is 0 Å². The summed E-state index contributed by atoms with van der Waals surface area (Å²) >= 11 is 0. The maximum atomic E-state index is 14.3. The minimum Gasteiger partial charge on any atom is -0.480 e. The molecule has 0 aliphatic heterocycles. The number of halogens is 1. The third-order valence-corrected chi connectivity index (χ3v) is 7.35. The summed E-state index contributed by atoms with van der Waals surface area (Å²) in [4.78, 5) is 27.1. The molecule has 3 aromatic rings. The van der Waals surface area contributed by atoms with Gasteiger partial charge in [-0.15, -0.1) is 0 Å². The Hall–Kier alpha value is -3.35. The first-order chi connectivity index (χ1) is 17.0. The molecule has 1 aromatic heterocycles. The molecule has 2 atom stereocenters. The molecule has 1 saturated carbocycles. The highest BCUT2D eigenvalue weighted by Gasteiger charge is 2.37. The van der Waals surface area contributed by atoms with Gasteiger partial charge in [-0.25, -0.2) is 14.0 Å². The third kappa shape index (κ3) is 4.77. The molecule has 0 radical (unpaired) electrons. The molecule has 0 bridgehead atoms. The lowest BCUT2D eigenvalue weighted by atomic mass is 9.90. The van der Waals surface area contributed by atoms with E-state index in [1.54, 1.807) is 6.07 Å². The predicted octanol–water partition coefficient (Wildman–Crippen LogP) is 5.72. The van der Waals surface area contributed by atoms with Gasteiger partial charge in [0, 0.05) is 29.2 Å². The molecular formula is C28H31FN2O4. The van der Waals surface area contributed by atoms with E-state index in [4.69, 9.17) is 4.74 Å². The van der Waals surface area contributed by atoms with E-state index < -0.39 is 12.0 Å². The number of carbonyl (C=O) groups excluding carboxylic acids is 1. The minimum absolute atomic E-state index is 0.0707. The Morgan fingerprint density at radius 3 is 2.63 bits per heavy atom. The normalized spacial score (nSPS) is 18.2. The highest BCUT2D eigenvalue weighted by molar-refractivity contribution is 5.88. The van der Waals surface area contributed by atoms with Crippen LogP contribution in [0, 0.1) is 11.7 Å². The summed E-state index contributed by atoms with van der Waals surface area (Å²) in [5, 5.41) is 10.6. The molecule has 2 aromatic carbocycles. The third-order valence-electron chi connectivity index (χ3n) is 7.35. The highest BCUT2D eigenvalue weighted by Crippen LogP contribution is 2.38. The van der Waals surface area contributed by atoms with Gasteiger partial charge in [0.05, 0.1) is 0 Å². The lowest BCUT2D eigenvalue weighted by Crippen LogP contribution is -2.45. The molecular weight excluding hydrogens is 447 g/mol. The zero-order valence-corrected chi connectivity index (χ0v) is 20.0. The molecule has 6 nitrogen and oxygen atoms in total. The summed E-state index contributed by atoms with van der Waals surface area (Å²) < 4.78 is 21.9. The molecule has 1 amide bonds. The molecule has 1 heterocycles. The first-order valence-corrected chi connectivity index (χ1v) is 12.5. The Kier molecular flexibility index (Phi) is 6.50. The molecule has 184 valence electrons. The van der Waals surface area contributed by atoms with Crippen LogP contribution in [-0.4, -0.2) is 39.2 Å². The van der Waals surface area contributed by atoms with Crippen LogP contribution in [0.25, 0.3) is 10.9 Å². The standard InChI is InChI=1S/C28H31FN2O4/c1-2-24(27(32)33)31-25-12-10-20(29)14-22(25)23-15-21(11-13-26(23)31)30(16-18-8-9-18)28(34)35-17-19-6-4-3-5-7-19/h3-7,10,12,14,18,21,24H,2,8-9,11,13,15-17H2,1H3,(H,32,33)/t21-,24?/m0/s1. The molecule has 1 unspecified atom stereocenters. The minimum atomic E-state index is -0.890. The largest absolute Gasteiger partial charge is 0.480 e. The van der Waals surface area contributed by atoms with Crippen molar-refractivity contribution < 1.29 is 23.8 Å².